The van der Waals surface area contributed by atoms with Crippen molar-refractivity contribution in [2.45, 2.75) is 63.8 Å². The minimum Gasteiger partial charge on any atom is -0.444 e. The van der Waals surface area contributed by atoms with Gasteiger partial charge in [0.05, 0.1) is 16.6 Å². The molecule has 1 aromatic heterocycles. The maximum Gasteiger partial charge on any atom is 0.410 e. The quantitative estimate of drug-likeness (QED) is 0.792. The zero-order chi connectivity index (χ0) is 17.0. The number of likely N-dealkylation sites (tertiary alicyclic amines) is 1. The number of hydrogen-bond donors (Lipinski definition) is 0. The highest BCUT2D eigenvalue weighted by molar-refractivity contribution is 7.84. The molecule has 7 heteroatoms. The normalized spacial score (nSPS) is 20.2. The molecular weight excluding hydrogens is 314 g/mol. The molecule has 1 saturated heterocycles. The van der Waals surface area contributed by atoms with Crippen LogP contribution < -0.4 is 0 Å². The smallest absolute Gasteiger partial charge is 0.410 e. The number of amides is 1. The van der Waals surface area contributed by atoms with Gasteiger partial charge in [-0.3, -0.25) is 4.21 Å². The minimum absolute atomic E-state index is 0.0939. The molecule has 2 atom stereocenters. The van der Waals surface area contributed by atoms with Crippen LogP contribution in [0.5, 0.6) is 0 Å². The first kappa shape index (κ1) is 17.8. The van der Waals surface area contributed by atoms with Crippen LogP contribution in [0.4, 0.5) is 4.79 Å². The molecule has 1 aliphatic heterocycles. The number of piperidine rings is 1. The number of nitrogens with zero attached hydrogens (tertiary/aromatic N) is 3. The van der Waals surface area contributed by atoms with Crippen LogP contribution in [-0.2, 0) is 15.5 Å². The van der Waals surface area contributed by atoms with Crippen LogP contribution >= 0.6 is 0 Å². The lowest BCUT2D eigenvalue weighted by molar-refractivity contribution is 0.0125. The summed E-state index contributed by atoms with van der Waals surface area (Å²) >= 11 is 0. The van der Waals surface area contributed by atoms with Crippen LogP contribution in [-0.4, -0.2) is 49.1 Å². The van der Waals surface area contributed by atoms with E-state index in [0.29, 0.717) is 17.5 Å². The summed E-state index contributed by atoms with van der Waals surface area (Å²) in [4.78, 5) is 22.4. The molecular formula is C16H25N3O3S. The molecule has 0 radical (unpaired) electrons. The van der Waals surface area contributed by atoms with Crippen LogP contribution in [0.3, 0.4) is 0 Å². The van der Waals surface area contributed by atoms with Gasteiger partial charge >= 0.3 is 6.09 Å². The predicted molar refractivity (Wildman–Crippen MR) is 88.6 cm³/mol. The van der Waals surface area contributed by atoms with Gasteiger partial charge in [-0.05, 0) is 53.0 Å². The molecule has 0 N–H and O–H groups in total. The molecule has 0 spiro atoms. The second-order valence-electron chi connectivity index (χ2n) is 6.82. The van der Waals surface area contributed by atoms with E-state index in [0.717, 1.165) is 25.0 Å². The van der Waals surface area contributed by atoms with Gasteiger partial charge in [0.1, 0.15) is 5.60 Å². The summed E-state index contributed by atoms with van der Waals surface area (Å²) in [5.41, 5.74) is 0.258. The van der Waals surface area contributed by atoms with Gasteiger partial charge < -0.3 is 9.64 Å². The van der Waals surface area contributed by atoms with E-state index < -0.39 is 16.4 Å². The summed E-state index contributed by atoms with van der Waals surface area (Å²) in [6.07, 6.45) is 4.09. The summed E-state index contributed by atoms with van der Waals surface area (Å²) in [6.45, 7) is 8.04. The standard InChI is InChI=1S/C16H25N3O3S/c1-12-8-9-17-14(18-12)23(21)11-13-7-5-6-10-19(13)15(20)22-16(2,3)4/h8-9,13H,5-7,10-11H2,1-4H3. The maximum absolute atomic E-state index is 12.5. The molecule has 23 heavy (non-hydrogen) atoms. The minimum atomic E-state index is -1.32. The number of carbonyl (C=O) groups is 1. The predicted octanol–water partition coefficient (Wildman–Crippen LogP) is 2.68. The molecule has 128 valence electrons. The lowest BCUT2D eigenvalue weighted by Gasteiger charge is -2.36. The highest BCUT2D eigenvalue weighted by atomic mass is 32.2. The second-order valence-corrected chi connectivity index (χ2v) is 8.21. The van der Waals surface area contributed by atoms with E-state index in [1.165, 1.54) is 0 Å². The third-order valence-electron chi connectivity index (χ3n) is 3.58. The summed E-state index contributed by atoms with van der Waals surface area (Å²) in [6, 6.07) is 1.68. The van der Waals surface area contributed by atoms with Crippen LogP contribution in [0.25, 0.3) is 0 Å². The summed E-state index contributed by atoms with van der Waals surface area (Å²) in [7, 11) is -1.32. The fourth-order valence-corrected chi connectivity index (χ4v) is 3.79. The van der Waals surface area contributed by atoms with Gasteiger partial charge in [-0.25, -0.2) is 14.8 Å². The van der Waals surface area contributed by atoms with E-state index in [-0.39, 0.29) is 12.1 Å². The van der Waals surface area contributed by atoms with Crippen molar-refractivity contribution in [1.82, 2.24) is 14.9 Å². The number of aryl methyl sites for hydroxylation is 1. The number of aromatic nitrogens is 2. The van der Waals surface area contributed by atoms with Crippen LogP contribution in [0.2, 0.25) is 0 Å². The summed E-state index contributed by atoms with van der Waals surface area (Å²) in [5.74, 6) is 0.350. The summed E-state index contributed by atoms with van der Waals surface area (Å²) in [5, 5.41) is 0.333. The van der Waals surface area contributed by atoms with Gasteiger partial charge in [-0.1, -0.05) is 0 Å². The third kappa shape index (κ3) is 5.27. The largest absolute Gasteiger partial charge is 0.444 e. The van der Waals surface area contributed by atoms with E-state index in [1.807, 2.05) is 27.7 Å². The Bertz CT molecular complexity index is 586. The number of rotatable bonds is 3. The van der Waals surface area contributed by atoms with E-state index in [4.69, 9.17) is 4.74 Å². The molecule has 2 heterocycles. The van der Waals surface area contributed by atoms with E-state index in [1.54, 1.807) is 17.2 Å². The average molecular weight is 339 g/mol. The van der Waals surface area contributed by atoms with E-state index in [9.17, 15) is 9.00 Å². The van der Waals surface area contributed by atoms with Crippen LogP contribution in [0.1, 0.15) is 45.7 Å². The number of carbonyl (C=O) groups excluding carboxylic acids is 1. The molecule has 2 unspecified atom stereocenters. The summed E-state index contributed by atoms with van der Waals surface area (Å²) < 4.78 is 18.0. The molecule has 0 bridgehead atoms. The second kappa shape index (κ2) is 7.38. The van der Waals surface area contributed by atoms with Crippen molar-refractivity contribution in [2.75, 3.05) is 12.3 Å². The Morgan fingerprint density at radius 1 is 1.43 bits per heavy atom. The Labute approximate surface area is 140 Å². The first-order valence-corrected chi connectivity index (χ1v) is 9.26. The molecule has 2 rings (SSSR count). The Balaban J connectivity index is 2.06. The van der Waals surface area contributed by atoms with Gasteiger partial charge in [-0.15, -0.1) is 0 Å². The lowest BCUT2D eigenvalue weighted by Crippen LogP contribution is -2.48. The van der Waals surface area contributed by atoms with Crippen molar-refractivity contribution < 1.29 is 13.7 Å². The Kier molecular flexibility index (Phi) is 5.73. The van der Waals surface area contributed by atoms with E-state index >= 15 is 0 Å². The zero-order valence-corrected chi connectivity index (χ0v) is 15.1. The average Bonchev–Trinajstić information content (AvgIpc) is 2.46. The fraction of sp³-hybridized carbons (Fsp3) is 0.688. The molecule has 1 aliphatic rings. The fourth-order valence-electron chi connectivity index (χ4n) is 2.52. The van der Waals surface area contributed by atoms with Crippen molar-refractivity contribution in [1.29, 1.82) is 0 Å². The maximum atomic E-state index is 12.5. The topological polar surface area (TPSA) is 72.4 Å². The molecule has 0 saturated carbocycles. The van der Waals surface area contributed by atoms with Gasteiger partial charge in [-0.2, -0.15) is 0 Å². The zero-order valence-electron chi connectivity index (χ0n) is 14.2. The van der Waals surface area contributed by atoms with Gasteiger partial charge in [0.15, 0.2) is 0 Å². The van der Waals surface area contributed by atoms with E-state index in [2.05, 4.69) is 9.97 Å². The first-order chi connectivity index (χ1) is 10.8. The van der Waals surface area contributed by atoms with Crippen molar-refractivity contribution in [3.63, 3.8) is 0 Å². The molecule has 1 fully saturated rings. The van der Waals surface area contributed by atoms with Gasteiger partial charge in [0.25, 0.3) is 0 Å². The SMILES string of the molecule is Cc1ccnc(S(=O)CC2CCCCN2C(=O)OC(C)(C)C)n1. The Hall–Kier alpha value is -1.50. The van der Waals surface area contributed by atoms with Crippen molar-refractivity contribution in [2.24, 2.45) is 0 Å². The molecule has 1 aromatic rings. The molecule has 6 nitrogen and oxygen atoms in total. The number of hydrogen-bond acceptors (Lipinski definition) is 5. The third-order valence-corrected chi connectivity index (χ3v) is 4.87. The van der Waals surface area contributed by atoms with Crippen molar-refractivity contribution >= 4 is 16.9 Å². The number of ether oxygens (including phenoxy) is 1. The van der Waals surface area contributed by atoms with Crippen LogP contribution in [0.15, 0.2) is 17.4 Å². The van der Waals surface area contributed by atoms with Crippen LogP contribution in [0, 0.1) is 6.92 Å². The molecule has 1 amide bonds. The van der Waals surface area contributed by atoms with Crippen molar-refractivity contribution in [3.8, 4) is 0 Å². The van der Waals surface area contributed by atoms with Gasteiger partial charge in [0, 0.05) is 24.5 Å². The highest BCUT2D eigenvalue weighted by Crippen LogP contribution is 2.22. The molecule has 0 aliphatic carbocycles. The van der Waals surface area contributed by atoms with Crippen molar-refractivity contribution in [3.05, 3.63) is 18.0 Å². The Morgan fingerprint density at radius 3 is 2.83 bits per heavy atom. The Morgan fingerprint density at radius 2 is 2.17 bits per heavy atom. The highest BCUT2D eigenvalue weighted by Gasteiger charge is 2.32. The lowest BCUT2D eigenvalue weighted by atomic mass is 10.0. The molecule has 0 aromatic carbocycles. The monoisotopic (exact) mass is 339 g/mol. The van der Waals surface area contributed by atoms with Gasteiger partial charge in [0.2, 0.25) is 5.16 Å². The first-order valence-electron chi connectivity index (χ1n) is 7.94.